The Kier molecular flexibility index (Phi) is 3.43. The second-order valence-electron chi connectivity index (χ2n) is 5.37. The van der Waals surface area contributed by atoms with Gasteiger partial charge in [0.25, 0.3) is 0 Å². The number of carbonyl (C=O) groups is 1. The van der Waals surface area contributed by atoms with E-state index in [1.807, 2.05) is 0 Å². The summed E-state index contributed by atoms with van der Waals surface area (Å²) in [5.41, 5.74) is 1.58. The van der Waals surface area contributed by atoms with Crippen LogP contribution in [0, 0.1) is 5.92 Å². The van der Waals surface area contributed by atoms with Gasteiger partial charge < -0.3 is 10.3 Å². The first-order valence-electron chi connectivity index (χ1n) is 7.09. The molecule has 4 rings (SSSR count). The van der Waals surface area contributed by atoms with Crippen molar-refractivity contribution in [3.63, 3.8) is 0 Å². The van der Waals surface area contributed by atoms with E-state index >= 15 is 0 Å². The van der Waals surface area contributed by atoms with E-state index in [1.54, 1.807) is 18.2 Å². The summed E-state index contributed by atoms with van der Waals surface area (Å²) in [6, 6.07) is 5.23. The predicted molar refractivity (Wildman–Crippen MR) is 88.5 cm³/mol. The molecule has 0 radical (unpaired) electrons. The summed E-state index contributed by atoms with van der Waals surface area (Å²) in [7, 11) is 0. The van der Waals surface area contributed by atoms with Gasteiger partial charge in [0.15, 0.2) is 11.5 Å². The molecule has 1 aromatic carbocycles. The summed E-state index contributed by atoms with van der Waals surface area (Å²) in [4.78, 5) is 27.7. The standard InChI is InChI=1S/C15H11Cl2N5O/c16-8-2-1-3-9(17)10(8)12-20-11-13(21-12)18-6-19-14(11)22-15(23)7-4-5-7/h1-3,6-7H,4-5H2,(H2,18,19,20,21,22,23). The third-order valence-electron chi connectivity index (χ3n) is 3.68. The smallest absolute Gasteiger partial charge is 0.228 e. The molecule has 0 bridgehead atoms. The second kappa shape index (κ2) is 5.47. The molecule has 1 aliphatic carbocycles. The fourth-order valence-corrected chi connectivity index (χ4v) is 2.91. The lowest BCUT2D eigenvalue weighted by atomic mass is 10.2. The fraction of sp³-hybridized carbons (Fsp3) is 0.200. The average Bonchev–Trinajstić information content (AvgIpc) is 3.28. The van der Waals surface area contributed by atoms with Crippen LogP contribution in [0.1, 0.15) is 12.8 Å². The SMILES string of the molecule is O=C(Nc1ncnc2nc(-c3c(Cl)cccc3Cl)[nH]c12)C1CC1. The first-order valence-corrected chi connectivity index (χ1v) is 7.85. The number of halogens is 2. The van der Waals surface area contributed by atoms with Gasteiger partial charge in [-0.15, -0.1) is 0 Å². The van der Waals surface area contributed by atoms with Crippen LogP contribution < -0.4 is 5.32 Å². The molecule has 0 saturated heterocycles. The summed E-state index contributed by atoms with van der Waals surface area (Å²) in [5, 5.41) is 3.77. The molecule has 0 atom stereocenters. The number of carbonyl (C=O) groups excluding carboxylic acids is 1. The monoisotopic (exact) mass is 347 g/mol. The quantitative estimate of drug-likeness (QED) is 0.756. The van der Waals surface area contributed by atoms with E-state index in [0.29, 0.717) is 38.4 Å². The van der Waals surface area contributed by atoms with Gasteiger partial charge in [0.2, 0.25) is 5.91 Å². The van der Waals surface area contributed by atoms with E-state index in [4.69, 9.17) is 23.2 Å². The van der Waals surface area contributed by atoms with E-state index in [1.165, 1.54) is 6.33 Å². The van der Waals surface area contributed by atoms with Gasteiger partial charge in [0.05, 0.1) is 15.6 Å². The minimum atomic E-state index is -0.0306. The Balaban J connectivity index is 1.80. The lowest BCUT2D eigenvalue weighted by Gasteiger charge is -2.03. The summed E-state index contributed by atoms with van der Waals surface area (Å²) in [5.74, 6) is 0.948. The first-order chi connectivity index (χ1) is 11.1. The number of nitrogens with zero attached hydrogens (tertiary/aromatic N) is 3. The van der Waals surface area contributed by atoms with Gasteiger partial charge in [-0.1, -0.05) is 29.3 Å². The molecule has 2 aromatic heterocycles. The van der Waals surface area contributed by atoms with Gasteiger partial charge in [-0.2, -0.15) is 0 Å². The molecule has 116 valence electrons. The Labute approximate surface area is 141 Å². The van der Waals surface area contributed by atoms with Crippen molar-refractivity contribution in [3.8, 4) is 11.4 Å². The van der Waals surface area contributed by atoms with Crippen molar-refractivity contribution in [3.05, 3.63) is 34.6 Å². The maximum Gasteiger partial charge on any atom is 0.228 e. The Morgan fingerprint density at radius 1 is 1.22 bits per heavy atom. The van der Waals surface area contributed by atoms with Gasteiger partial charge in [-0.25, -0.2) is 15.0 Å². The number of nitrogens with one attached hydrogen (secondary N) is 2. The maximum atomic E-state index is 12.0. The normalized spacial score (nSPS) is 14.2. The van der Waals surface area contributed by atoms with Crippen molar-refractivity contribution in [1.29, 1.82) is 0 Å². The van der Waals surface area contributed by atoms with Crippen LogP contribution in [-0.2, 0) is 4.79 Å². The van der Waals surface area contributed by atoms with Crippen molar-refractivity contribution >= 4 is 46.1 Å². The van der Waals surface area contributed by atoms with Crippen LogP contribution in [-0.4, -0.2) is 25.8 Å². The number of benzene rings is 1. The molecule has 1 fully saturated rings. The largest absolute Gasteiger partial charge is 0.333 e. The zero-order chi connectivity index (χ0) is 16.0. The highest BCUT2D eigenvalue weighted by Gasteiger charge is 2.30. The number of H-pyrrole nitrogens is 1. The highest BCUT2D eigenvalue weighted by Crippen LogP contribution is 2.35. The number of hydrogen-bond acceptors (Lipinski definition) is 4. The highest BCUT2D eigenvalue weighted by atomic mass is 35.5. The number of aromatic nitrogens is 4. The van der Waals surface area contributed by atoms with Gasteiger partial charge in [0.1, 0.15) is 17.7 Å². The third-order valence-corrected chi connectivity index (χ3v) is 4.31. The molecule has 3 aromatic rings. The molecule has 2 N–H and O–H groups in total. The fourth-order valence-electron chi connectivity index (χ4n) is 2.33. The van der Waals surface area contributed by atoms with E-state index in [2.05, 4.69) is 25.3 Å². The lowest BCUT2D eigenvalue weighted by Crippen LogP contribution is -2.14. The second-order valence-corrected chi connectivity index (χ2v) is 6.18. The number of rotatable bonds is 3. The molecule has 6 nitrogen and oxygen atoms in total. The summed E-state index contributed by atoms with van der Waals surface area (Å²) >= 11 is 12.4. The molecule has 8 heteroatoms. The average molecular weight is 348 g/mol. The molecular weight excluding hydrogens is 337 g/mol. The highest BCUT2D eigenvalue weighted by molar-refractivity contribution is 6.39. The van der Waals surface area contributed by atoms with E-state index < -0.39 is 0 Å². The minimum Gasteiger partial charge on any atom is -0.333 e. The summed E-state index contributed by atoms with van der Waals surface area (Å²) < 4.78 is 0. The van der Waals surface area contributed by atoms with Gasteiger partial charge in [-0.05, 0) is 25.0 Å². The van der Waals surface area contributed by atoms with Gasteiger partial charge in [-0.3, -0.25) is 4.79 Å². The predicted octanol–water partition coefficient (Wildman–Crippen LogP) is 3.68. The summed E-state index contributed by atoms with van der Waals surface area (Å²) in [6.45, 7) is 0. The minimum absolute atomic E-state index is 0.0306. The van der Waals surface area contributed by atoms with Crippen LogP contribution in [0.15, 0.2) is 24.5 Å². The third kappa shape index (κ3) is 2.64. The number of fused-ring (bicyclic) bond motifs is 1. The molecule has 0 spiro atoms. The molecular formula is C15H11Cl2N5O. The van der Waals surface area contributed by atoms with Gasteiger partial charge in [0, 0.05) is 5.92 Å². The van der Waals surface area contributed by atoms with Gasteiger partial charge >= 0.3 is 0 Å². The van der Waals surface area contributed by atoms with Crippen LogP contribution in [0.25, 0.3) is 22.6 Å². The number of imidazole rings is 1. The molecule has 23 heavy (non-hydrogen) atoms. The summed E-state index contributed by atoms with van der Waals surface area (Å²) in [6.07, 6.45) is 3.21. The van der Waals surface area contributed by atoms with Crippen LogP contribution in [0.4, 0.5) is 5.82 Å². The van der Waals surface area contributed by atoms with E-state index in [-0.39, 0.29) is 11.8 Å². The number of amides is 1. The van der Waals surface area contributed by atoms with Crippen LogP contribution in [0.2, 0.25) is 10.0 Å². The zero-order valence-corrected chi connectivity index (χ0v) is 13.3. The topological polar surface area (TPSA) is 83.6 Å². The number of aromatic amines is 1. The van der Waals surface area contributed by atoms with Crippen molar-refractivity contribution in [2.24, 2.45) is 5.92 Å². The lowest BCUT2D eigenvalue weighted by molar-refractivity contribution is -0.117. The van der Waals surface area contributed by atoms with Crippen LogP contribution in [0.5, 0.6) is 0 Å². The molecule has 1 amide bonds. The number of anilines is 1. The van der Waals surface area contributed by atoms with Crippen molar-refractivity contribution < 1.29 is 4.79 Å². The molecule has 0 aliphatic heterocycles. The Morgan fingerprint density at radius 2 is 1.96 bits per heavy atom. The Hall–Kier alpha value is -2.18. The maximum absolute atomic E-state index is 12.0. The molecule has 1 saturated carbocycles. The van der Waals surface area contributed by atoms with Crippen molar-refractivity contribution in [1.82, 2.24) is 19.9 Å². The van der Waals surface area contributed by atoms with E-state index in [0.717, 1.165) is 12.8 Å². The van der Waals surface area contributed by atoms with E-state index in [9.17, 15) is 4.79 Å². The Bertz CT molecular complexity index is 899. The molecule has 0 unspecified atom stereocenters. The van der Waals surface area contributed by atoms with Crippen molar-refractivity contribution in [2.75, 3.05) is 5.32 Å². The first kappa shape index (κ1) is 14.4. The molecule has 2 heterocycles. The van der Waals surface area contributed by atoms with Crippen molar-refractivity contribution in [2.45, 2.75) is 12.8 Å². The zero-order valence-electron chi connectivity index (χ0n) is 11.8. The van der Waals surface area contributed by atoms with Crippen LogP contribution in [0.3, 0.4) is 0 Å². The molecule has 1 aliphatic rings. The van der Waals surface area contributed by atoms with Crippen LogP contribution >= 0.6 is 23.2 Å². The number of hydrogen-bond donors (Lipinski definition) is 2. The Morgan fingerprint density at radius 3 is 2.65 bits per heavy atom.